The van der Waals surface area contributed by atoms with Gasteiger partial charge in [-0.15, -0.1) is 0 Å². The van der Waals surface area contributed by atoms with Gasteiger partial charge in [-0.3, -0.25) is 52.7 Å². The molecule has 27 nitrogen and oxygen atoms in total. The van der Waals surface area contributed by atoms with Crippen molar-refractivity contribution in [3.63, 3.8) is 0 Å². The number of aliphatic hydroxyl groups excluding tert-OH is 1. The molecule has 12 atom stereocenters. The third-order valence-corrected chi connectivity index (χ3v) is 15.8. The van der Waals surface area contributed by atoms with Crippen LogP contribution in [0.25, 0.3) is 0 Å². The van der Waals surface area contributed by atoms with E-state index in [-0.39, 0.29) is 68.8 Å². The van der Waals surface area contributed by atoms with Crippen molar-refractivity contribution in [3.05, 3.63) is 30.9 Å². The highest BCUT2D eigenvalue weighted by atomic mass is 16.5. The molecule has 1 saturated heterocycles. The van der Waals surface area contributed by atoms with Gasteiger partial charge in [-0.25, -0.2) is 14.3 Å². The highest BCUT2D eigenvalue weighted by molar-refractivity contribution is 5.99. The molecule has 0 bridgehead atoms. The zero-order valence-electron chi connectivity index (χ0n) is 56.9. The molecule has 1 aliphatic rings. The van der Waals surface area contributed by atoms with Crippen molar-refractivity contribution in [2.45, 2.75) is 216 Å². The molecular weight excluding hydrogens is 1160 g/mol. The second-order valence-corrected chi connectivity index (χ2v) is 26.3. The van der Waals surface area contributed by atoms with Crippen LogP contribution < -0.4 is 37.2 Å². The highest BCUT2D eigenvalue weighted by Gasteiger charge is 2.42. The Kier molecular flexibility index (Phi) is 32.4. The summed E-state index contributed by atoms with van der Waals surface area (Å²) < 4.78 is 6.37. The molecule has 8 N–H and O–H groups in total. The molecule has 1 aromatic rings. The summed E-state index contributed by atoms with van der Waals surface area (Å²) in [6.45, 7) is 26.6. The van der Waals surface area contributed by atoms with Gasteiger partial charge in [0.25, 0.3) is 0 Å². The van der Waals surface area contributed by atoms with Gasteiger partial charge in [-0.05, 0) is 93.8 Å². The average Bonchev–Trinajstić information content (AvgIpc) is 1.12. The standard InChI is InChI=1S/C63H107N13O14/c1-21-43-54(80)65-32-48(77)72(17)45(29-35(4)5)57(83)70-49(38(10)11)62(88)74(19)46(30-36(6)7)55(81)66-41(15)53(79)67-42(16)60(86)73(18)47(31-37(8)9)56(82)69-44(28-34(2)3)61(87)75(20)51(39(12)13)59(85)71-50(58(84)68-43)52(78)40(14)24-22-23-27-90-63(89)76-26-25-64-33-76/h22-23,25-26,33-47,49-52,78H,21,24,27-32H2,1-20H3,(H,65,80)(H,66,81)(H,67,79)(H,68,84)(H,69,82)(H,70,83)(H,71,85)/b23-22+/t40-,41+,42-,43+,44+,45?,46+,47-,49+,50?,51+,52-/m1/s1. The van der Waals surface area contributed by atoms with Crippen LogP contribution in [0.3, 0.4) is 0 Å². The van der Waals surface area contributed by atoms with Gasteiger partial charge in [-0.2, -0.15) is 0 Å². The SMILES string of the molecule is CC[C@@H]1NC(=O)C([C@H](O)[C@H](C)C/C=C/COC(=O)n2ccnc2)NC(=O)[C@H](C(C)C)N(C)C(=O)[C@H](CC(C)C)NC(=O)[C@@H](CC(C)C)N(C)C(=O)[C@@H](C)NC(=O)[C@H](C)NC(=O)[C@H](CC(C)C)N(C)C(=O)[C@H](C(C)C)NC(=O)C(CC(C)C)N(C)C(=O)CNC1=O. The van der Waals surface area contributed by atoms with Gasteiger partial charge in [0.15, 0.2) is 0 Å². The van der Waals surface area contributed by atoms with Crippen molar-refractivity contribution in [3.8, 4) is 0 Å². The maximum absolute atomic E-state index is 14.9. The van der Waals surface area contributed by atoms with E-state index in [0.717, 1.165) is 14.4 Å². The van der Waals surface area contributed by atoms with Crippen LogP contribution in [0.2, 0.25) is 0 Å². The van der Waals surface area contributed by atoms with Crippen LogP contribution in [0.5, 0.6) is 0 Å². The minimum Gasteiger partial charge on any atom is -0.445 e. The van der Waals surface area contributed by atoms with Crippen LogP contribution in [-0.4, -0.2) is 213 Å². The monoisotopic (exact) mass is 1270 g/mol. The third kappa shape index (κ3) is 23.7. The Morgan fingerprint density at radius 1 is 0.556 bits per heavy atom. The number of likely N-dealkylation sites (N-methyl/N-ethyl adjacent to an activating group) is 4. The Bertz CT molecular complexity index is 2630. The minimum atomic E-state index is -1.78. The summed E-state index contributed by atoms with van der Waals surface area (Å²) in [6, 6.07) is -12.9. The second-order valence-electron chi connectivity index (χ2n) is 26.3. The number of nitrogens with one attached hydrogen (secondary N) is 7. The van der Waals surface area contributed by atoms with E-state index in [1.165, 1.54) is 76.6 Å². The summed E-state index contributed by atoms with van der Waals surface area (Å²) >= 11 is 0. The topological polar surface area (TPSA) is 349 Å². The molecule has 2 unspecified atom stereocenters. The van der Waals surface area contributed by atoms with Crippen LogP contribution in [-0.2, 0) is 57.5 Å². The van der Waals surface area contributed by atoms with Gasteiger partial charge < -0.3 is 66.7 Å². The van der Waals surface area contributed by atoms with Gasteiger partial charge in [0, 0.05) is 40.6 Å². The zero-order chi connectivity index (χ0) is 68.8. The fourth-order valence-electron chi connectivity index (χ4n) is 10.5. The fraction of sp³-hybridized carbons (Fsp3) is 0.730. The van der Waals surface area contributed by atoms with Gasteiger partial charge in [0.1, 0.15) is 73.4 Å². The Hall–Kier alpha value is -7.45. The maximum Gasteiger partial charge on any atom is 0.419 e. The number of aliphatic hydroxyl groups is 1. The van der Waals surface area contributed by atoms with E-state index in [0.29, 0.717) is 0 Å². The number of amides is 11. The molecule has 11 amide bonds. The molecule has 0 aliphatic carbocycles. The Labute approximate surface area is 532 Å². The second kappa shape index (κ2) is 37.0. The Morgan fingerprint density at radius 3 is 1.54 bits per heavy atom. The van der Waals surface area contributed by atoms with Crippen molar-refractivity contribution in [2.75, 3.05) is 41.3 Å². The predicted octanol–water partition coefficient (Wildman–Crippen LogP) is 2.10. The first-order chi connectivity index (χ1) is 41.9. The lowest BCUT2D eigenvalue weighted by atomic mass is 9.92. The molecule has 2 heterocycles. The molecule has 2 rings (SSSR count). The molecule has 0 aromatic carbocycles. The average molecular weight is 1270 g/mol. The third-order valence-electron chi connectivity index (χ3n) is 15.8. The van der Waals surface area contributed by atoms with Crippen molar-refractivity contribution < 1.29 is 67.4 Å². The fourth-order valence-corrected chi connectivity index (χ4v) is 10.5. The van der Waals surface area contributed by atoms with Gasteiger partial charge in [0.2, 0.25) is 65.0 Å². The number of hydrogen-bond donors (Lipinski definition) is 8. The summed E-state index contributed by atoms with van der Waals surface area (Å²) in [6.07, 6.45) is 5.38. The smallest absolute Gasteiger partial charge is 0.419 e. The molecule has 90 heavy (non-hydrogen) atoms. The van der Waals surface area contributed by atoms with Crippen LogP contribution in [0, 0.1) is 41.4 Å². The normalized spacial score (nSPS) is 25.6. The van der Waals surface area contributed by atoms with Crippen LogP contribution in [0.4, 0.5) is 4.79 Å². The van der Waals surface area contributed by atoms with E-state index in [1.54, 1.807) is 47.6 Å². The number of aromatic nitrogens is 2. The molecule has 0 spiro atoms. The molecule has 0 saturated carbocycles. The number of nitrogens with zero attached hydrogens (tertiary/aromatic N) is 6. The van der Waals surface area contributed by atoms with Crippen molar-refractivity contribution in [1.82, 2.24) is 66.4 Å². The van der Waals surface area contributed by atoms with E-state index in [2.05, 4.69) is 42.2 Å². The molecule has 27 heteroatoms. The minimum absolute atomic E-state index is 0.0462. The number of carbonyl (C=O) groups excluding carboxylic acids is 12. The van der Waals surface area contributed by atoms with Crippen LogP contribution >= 0.6 is 0 Å². The first kappa shape index (κ1) is 78.6. The summed E-state index contributed by atoms with van der Waals surface area (Å²) in [5, 5.41) is 30.9. The number of allylic oxidation sites excluding steroid dienone is 1. The lowest BCUT2D eigenvalue weighted by molar-refractivity contribution is -0.147. The summed E-state index contributed by atoms with van der Waals surface area (Å²) in [4.78, 5) is 179. The van der Waals surface area contributed by atoms with E-state index in [1.807, 2.05) is 55.4 Å². The van der Waals surface area contributed by atoms with E-state index >= 15 is 0 Å². The van der Waals surface area contributed by atoms with Crippen LogP contribution in [0.15, 0.2) is 30.9 Å². The first-order valence-electron chi connectivity index (χ1n) is 31.5. The summed E-state index contributed by atoms with van der Waals surface area (Å²) in [5.41, 5.74) is 0. The van der Waals surface area contributed by atoms with Crippen LogP contribution in [0.1, 0.15) is 149 Å². The highest BCUT2D eigenvalue weighted by Crippen LogP contribution is 2.22. The molecule has 1 fully saturated rings. The Balaban J connectivity index is 2.85. The van der Waals surface area contributed by atoms with Gasteiger partial charge in [-0.1, -0.05) is 109 Å². The largest absolute Gasteiger partial charge is 0.445 e. The summed E-state index contributed by atoms with van der Waals surface area (Å²) in [7, 11) is 5.55. The number of imidazole rings is 1. The summed E-state index contributed by atoms with van der Waals surface area (Å²) in [5.74, 6) is -10.9. The molecule has 1 aliphatic heterocycles. The van der Waals surface area contributed by atoms with Crippen molar-refractivity contribution >= 4 is 71.1 Å². The number of carbonyl (C=O) groups is 12. The number of hydrogen-bond acceptors (Lipinski definition) is 15. The molecular formula is C63H107N13O14. The molecule has 1 aromatic heterocycles. The van der Waals surface area contributed by atoms with Crippen molar-refractivity contribution in [2.24, 2.45) is 41.4 Å². The predicted molar refractivity (Wildman–Crippen MR) is 338 cm³/mol. The lowest BCUT2D eigenvalue weighted by Crippen LogP contribution is -2.63. The van der Waals surface area contributed by atoms with E-state index < -0.39 is 162 Å². The van der Waals surface area contributed by atoms with Crippen molar-refractivity contribution in [1.29, 1.82) is 0 Å². The van der Waals surface area contributed by atoms with E-state index in [9.17, 15) is 62.6 Å². The van der Waals surface area contributed by atoms with Gasteiger partial charge >= 0.3 is 6.09 Å². The maximum atomic E-state index is 14.9. The van der Waals surface area contributed by atoms with E-state index in [4.69, 9.17) is 4.74 Å². The molecule has 508 valence electrons. The number of ether oxygens (including phenoxy) is 1. The van der Waals surface area contributed by atoms with Gasteiger partial charge in [0.05, 0.1) is 12.6 Å². The molecule has 0 radical (unpaired) electrons. The number of rotatable bonds is 17. The lowest BCUT2D eigenvalue weighted by Gasteiger charge is -2.36. The quantitative estimate of drug-likeness (QED) is 0.104. The zero-order valence-corrected chi connectivity index (χ0v) is 56.9. The first-order valence-corrected chi connectivity index (χ1v) is 31.5. The Morgan fingerprint density at radius 2 is 1.04 bits per heavy atom.